The van der Waals surface area contributed by atoms with Gasteiger partial charge in [-0.05, 0) is 80.5 Å². The third-order valence-electron chi connectivity index (χ3n) is 9.75. The zero-order chi connectivity index (χ0) is 18.9. The van der Waals surface area contributed by atoms with Crippen LogP contribution in [0.15, 0.2) is 0 Å². The fraction of sp³-hybridized carbons (Fsp3) is 0.957. The molecule has 4 nitrogen and oxygen atoms in total. The summed E-state index contributed by atoms with van der Waals surface area (Å²) in [6.45, 7) is 8.13. The maximum atomic E-state index is 11.4. The van der Waals surface area contributed by atoms with E-state index >= 15 is 0 Å². The first-order valence-corrected chi connectivity index (χ1v) is 11.3. The summed E-state index contributed by atoms with van der Waals surface area (Å²) in [5.41, 5.74) is 0.622. The lowest BCUT2D eigenvalue weighted by molar-refractivity contribution is -0.248. The molecule has 0 unspecified atom stereocenters. The number of rotatable bonds is 1. The van der Waals surface area contributed by atoms with Gasteiger partial charge < -0.3 is 14.2 Å². The Morgan fingerprint density at radius 3 is 2.41 bits per heavy atom. The van der Waals surface area contributed by atoms with Crippen LogP contribution < -0.4 is 0 Å². The van der Waals surface area contributed by atoms with E-state index in [4.69, 9.17) is 14.2 Å². The smallest absolute Gasteiger partial charge is 0.302 e. The van der Waals surface area contributed by atoms with Crippen molar-refractivity contribution in [1.29, 1.82) is 0 Å². The van der Waals surface area contributed by atoms with E-state index in [0.29, 0.717) is 5.41 Å². The first kappa shape index (κ1) is 18.4. The van der Waals surface area contributed by atoms with Gasteiger partial charge in [-0.15, -0.1) is 0 Å². The fourth-order valence-electron chi connectivity index (χ4n) is 8.45. The highest BCUT2D eigenvalue weighted by Crippen LogP contribution is 2.69. The van der Waals surface area contributed by atoms with Gasteiger partial charge in [0, 0.05) is 18.8 Å². The molecule has 5 fully saturated rings. The van der Waals surface area contributed by atoms with Crippen LogP contribution >= 0.6 is 0 Å². The number of hydrogen-bond acceptors (Lipinski definition) is 4. The van der Waals surface area contributed by atoms with E-state index in [1.807, 2.05) is 0 Å². The third kappa shape index (κ3) is 2.51. The predicted octanol–water partition coefficient (Wildman–Crippen LogP) is 4.70. The molecule has 4 saturated carbocycles. The second-order valence-corrected chi connectivity index (χ2v) is 10.6. The van der Waals surface area contributed by atoms with Crippen LogP contribution in [0.25, 0.3) is 0 Å². The molecule has 27 heavy (non-hydrogen) atoms. The zero-order valence-electron chi connectivity index (χ0n) is 17.3. The molecule has 0 N–H and O–H groups in total. The van der Waals surface area contributed by atoms with Gasteiger partial charge in [0.1, 0.15) is 6.10 Å². The molecular formula is C23H36O4. The molecule has 1 heterocycles. The number of ether oxygens (including phenoxy) is 3. The summed E-state index contributed by atoms with van der Waals surface area (Å²) in [6, 6.07) is 0. The molecule has 0 aromatic carbocycles. The second-order valence-electron chi connectivity index (χ2n) is 10.6. The first-order valence-electron chi connectivity index (χ1n) is 11.3. The van der Waals surface area contributed by atoms with Gasteiger partial charge in [-0.2, -0.15) is 0 Å². The predicted molar refractivity (Wildman–Crippen MR) is 102 cm³/mol. The molecule has 5 aliphatic rings. The molecule has 0 aromatic rings. The quantitative estimate of drug-likeness (QED) is 0.622. The van der Waals surface area contributed by atoms with Crippen LogP contribution in [0.2, 0.25) is 0 Å². The highest BCUT2D eigenvalue weighted by molar-refractivity contribution is 5.66. The van der Waals surface area contributed by atoms with Gasteiger partial charge in [0.05, 0.1) is 13.2 Å². The first-order chi connectivity index (χ1) is 12.9. The number of carbonyl (C=O) groups excluding carboxylic acids is 1. The largest absolute Gasteiger partial charge is 0.463 e. The molecule has 7 atom stereocenters. The monoisotopic (exact) mass is 376 g/mol. The summed E-state index contributed by atoms with van der Waals surface area (Å²) in [5.74, 6) is 2.71. The molecule has 4 aliphatic carbocycles. The van der Waals surface area contributed by atoms with Crippen LogP contribution in [0.3, 0.4) is 0 Å². The van der Waals surface area contributed by atoms with Gasteiger partial charge in [-0.3, -0.25) is 4.79 Å². The molecule has 0 bridgehead atoms. The summed E-state index contributed by atoms with van der Waals surface area (Å²) in [5, 5.41) is 0. The Kier molecular flexibility index (Phi) is 4.22. The van der Waals surface area contributed by atoms with Crippen LogP contribution in [0.5, 0.6) is 0 Å². The fourth-order valence-corrected chi connectivity index (χ4v) is 8.45. The van der Waals surface area contributed by atoms with Crippen molar-refractivity contribution in [3.63, 3.8) is 0 Å². The second kappa shape index (κ2) is 6.19. The van der Waals surface area contributed by atoms with E-state index in [1.165, 1.54) is 38.5 Å². The van der Waals surface area contributed by atoms with Gasteiger partial charge in [0.2, 0.25) is 0 Å². The Bertz CT molecular complexity index is 611. The Labute approximate surface area is 163 Å². The van der Waals surface area contributed by atoms with E-state index < -0.39 is 0 Å². The Morgan fingerprint density at radius 1 is 0.926 bits per heavy atom. The van der Waals surface area contributed by atoms with E-state index in [0.717, 1.165) is 56.1 Å². The molecule has 152 valence electrons. The Balaban J connectivity index is 1.37. The van der Waals surface area contributed by atoms with E-state index in [-0.39, 0.29) is 23.3 Å². The minimum absolute atomic E-state index is 0.112. The molecule has 1 aliphatic heterocycles. The van der Waals surface area contributed by atoms with E-state index in [9.17, 15) is 4.79 Å². The van der Waals surface area contributed by atoms with Crippen LogP contribution in [-0.2, 0) is 19.0 Å². The lowest BCUT2D eigenvalue weighted by Gasteiger charge is -2.61. The average molecular weight is 377 g/mol. The van der Waals surface area contributed by atoms with E-state index in [1.54, 1.807) is 6.92 Å². The summed E-state index contributed by atoms with van der Waals surface area (Å²) >= 11 is 0. The number of hydrogen-bond donors (Lipinski definition) is 0. The number of esters is 1. The van der Waals surface area contributed by atoms with Crippen LogP contribution in [0.4, 0.5) is 0 Å². The Hall–Kier alpha value is -0.610. The third-order valence-corrected chi connectivity index (χ3v) is 9.75. The van der Waals surface area contributed by atoms with Crippen molar-refractivity contribution in [1.82, 2.24) is 0 Å². The molecule has 0 aromatic heterocycles. The van der Waals surface area contributed by atoms with E-state index in [2.05, 4.69) is 13.8 Å². The van der Waals surface area contributed by atoms with Crippen molar-refractivity contribution in [2.75, 3.05) is 13.2 Å². The van der Waals surface area contributed by atoms with Crippen LogP contribution in [-0.4, -0.2) is 31.1 Å². The maximum Gasteiger partial charge on any atom is 0.302 e. The Morgan fingerprint density at radius 2 is 1.67 bits per heavy atom. The van der Waals surface area contributed by atoms with Crippen LogP contribution in [0, 0.1) is 34.5 Å². The van der Waals surface area contributed by atoms with Crippen molar-refractivity contribution in [2.24, 2.45) is 34.5 Å². The lowest BCUT2D eigenvalue weighted by atomic mass is 9.45. The zero-order valence-corrected chi connectivity index (χ0v) is 17.3. The van der Waals surface area contributed by atoms with Crippen molar-refractivity contribution >= 4 is 5.97 Å². The number of carbonyl (C=O) groups is 1. The van der Waals surface area contributed by atoms with Gasteiger partial charge in [0.15, 0.2) is 5.79 Å². The van der Waals surface area contributed by atoms with Crippen molar-refractivity contribution in [3.8, 4) is 0 Å². The minimum Gasteiger partial charge on any atom is -0.463 e. The van der Waals surface area contributed by atoms with Crippen molar-refractivity contribution in [3.05, 3.63) is 0 Å². The lowest BCUT2D eigenvalue weighted by Crippen LogP contribution is -2.57. The molecule has 5 rings (SSSR count). The summed E-state index contributed by atoms with van der Waals surface area (Å²) in [4.78, 5) is 11.4. The highest BCUT2D eigenvalue weighted by atomic mass is 16.7. The topological polar surface area (TPSA) is 44.8 Å². The standard InChI is InChI=1S/C23H36O4/c1-15(24)27-17-6-9-21(2)16(14-17)4-5-18-19(21)7-10-22(3)20(18)8-11-23(22)25-12-13-26-23/h16-20H,4-14H2,1-3H3/t16-,17+,18-,19+,20-,21-,22-/m1/s1. The average Bonchev–Trinajstić information content (AvgIpc) is 3.21. The number of fused-ring (bicyclic) bond motifs is 6. The summed E-state index contributed by atoms with van der Waals surface area (Å²) in [6.07, 6.45) is 11.1. The van der Waals surface area contributed by atoms with Gasteiger partial charge in [0.25, 0.3) is 0 Å². The SMILES string of the molecule is CC(=O)O[C@H]1CC[C@]2(C)[C@H](CC[C@H]3[C@H]4CCC5(OCCO5)[C@]4(C)CC[C@@H]32)C1. The van der Waals surface area contributed by atoms with Crippen LogP contribution in [0.1, 0.15) is 78.6 Å². The summed E-state index contributed by atoms with van der Waals surface area (Å²) in [7, 11) is 0. The van der Waals surface area contributed by atoms with Crippen molar-refractivity contribution < 1.29 is 19.0 Å². The molecule has 1 saturated heterocycles. The molecule has 1 spiro atoms. The van der Waals surface area contributed by atoms with Crippen molar-refractivity contribution in [2.45, 2.75) is 90.4 Å². The van der Waals surface area contributed by atoms with Gasteiger partial charge >= 0.3 is 5.97 Å². The highest BCUT2D eigenvalue weighted by Gasteiger charge is 2.67. The maximum absolute atomic E-state index is 11.4. The normalized spacial score (nSPS) is 50.7. The molecule has 0 amide bonds. The minimum atomic E-state index is -0.284. The van der Waals surface area contributed by atoms with Gasteiger partial charge in [-0.1, -0.05) is 13.8 Å². The van der Waals surface area contributed by atoms with Gasteiger partial charge in [-0.25, -0.2) is 0 Å². The molecule has 0 radical (unpaired) electrons. The molecule has 4 heteroatoms. The summed E-state index contributed by atoms with van der Waals surface area (Å²) < 4.78 is 18.1. The molecular weight excluding hydrogens is 340 g/mol.